The van der Waals surface area contributed by atoms with Gasteiger partial charge in [-0.05, 0) is 18.9 Å². The van der Waals surface area contributed by atoms with Crippen molar-refractivity contribution >= 4 is 21.6 Å². The minimum Gasteiger partial charge on any atom is -0.391 e. The summed E-state index contributed by atoms with van der Waals surface area (Å²) in [4.78, 5) is 10.4. The minimum atomic E-state index is -0.594. The van der Waals surface area contributed by atoms with Gasteiger partial charge in [-0.15, -0.1) is 0 Å². The van der Waals surface area contributed by atoms with E-state index in [1.165, 1.54) is 13.2 Å². The molecule has 1 aromatic carbocycles. The number of nitro groups is 1. The third kappa shape index (κ3) is 4.41. The highest BCUT2D eigenvalue weighted by atomic mass is 79.9. The standard InChI is InChI=1S/C11H14BrNO4/c1-17-7-10(14)5-3-8-2-4-9(12)6-11(8)13(15)16/h2,4,6,10,14H,3,5,7H2,1H3. The first-order chi connectivity index (χ1) is 8.04. The van der Waals surface area contributed by atoms with Gasteiger partial charge < -0.3 is 9.84 Å². The van der Waals surface area contributed by atoms with Gasteiger partial charge in [-0.3, -0.25) is 10.1 Å². The first kappa shape index (κ1) is 14.1. The summed E-state index contributed by atoms with van der Waals surface area (Å²) in [5.74, 6) is 0. The molecule has 94 valence electrons. The monoisotopic (exact) mass is 303 g/mol. The van der Waals surface area contributed by atoms with Crippen LogP contribution in [0.2, 0.25) is 0 Å². The van der Waals surface area contributed by atoms with Crippen LogP contribution in [0.3, 0.4) is 0 Å². The molecule has 0 radical (unpaired) electrons. The summed E-state index contributed by atoms with van der Waals surface area (Å²) in [6, 6.07) is 4.92. The van der Waals surface area contributed by atoms with Gasteiger partial charge in [-0.25, -0.2) is 0 Å². The molecule has 1 aromatic rings. The number of methoxy groups -OCH3 is 1. The van der Waals surface area contributed by atoms with E-state index in [4.69, 9.17) is 4.74 Å². The average molecular weight is 304 g/mol. The van der Waals surface area contributed by atoms with Crippen LogP contribution in [0.5, 0.6) is 0 Å². The Morgan fingerprint density at radius 3 is 2.88 bits per heavy atom. The smallest absolute Gasteiger partial charge is 0.273 e. The van der Waals surface area contributed by atoms with Crippen molar-refractivity contribution in [1.82, 2.24) is 0 Å². The maximum atomic E-state index is 10.8. The lowest BCUT2D eigenvalue weighted by atomic mass is 10.1. The molecule has 0 spiro atoms. The number of benzene rings is 1. The summed E-state index contributed by atoms with van der Waals surface area (Å²) in [6.45, 7) is 0.240. The lowest BCUT2D eigenvalue weighted by molar-refractivity contribution is -0.385. The van der Waals surface area contributed by atoms with Gasteiger partial charge in [0.1, 0.15) is 0 Å². The van der Waals surface area contributed by atoms with E-state index in [0.29, 0.717) is 22.9 Å². The van der Waals surface area contributed by atoms with E-state index in [0.717, 1.165) is 0 Å². The van der Waals surface area contributed by atoms with E-state index in [1.807, 2.05) is 0 Å². The number of hydrogen-bond acceptors (Lipinski definition) is 4. The number of aryl methyl sites for hydroxylation is 1. The molecule has 0 aliphatic carbocycles. The van der Waals surface area contributed by atoms with Gasteiger partial charge in [0.15, 0.2) is 0 Å². The van der Waals surface area contributed by atoms with E-state index < -0.39 is 11.0 Å². The van der Waals surface area contributed by atoms with Crippen LogP contribution in [0.4, 0.5) is 5.69 Å². The Bertz CT molecular complexity index is 397. The van der Waals surface area contributed by atoms with Crippen LogP contribution in [0.15, 0.2) is 22.7 Å². The SMILES string of the molecule is COCC(O)CCc1ccc(Br)cc1[N+](=O)[O-]. The Hall–Kier alpha value is -0.980. The molecular formula is C11H14BrNO4. The van der Waals surface area contributed by atoms with Crippen molar-refractivity contribution in [1.29, 1.82) is 0 Å². The number of nitro benzene ring substituents is 1. The normalized spacial score (nSPS) is 12.4. The molecule has 1 unspecified atom stereocenters. The predicted octanol–water partition coefficient (Wildman–Crippen LogP) is 2.30. The third-order valence-electron chi connectivity index (χ3n) is 2.35. The number of hydrogen-bond donors (Lipinski definition) is 1. The fourth-order valence-corrected chi connectivity index (χ4v) is 1.87. The molecule has 5 nitrogen and oxygen atoms in total. The minimum absolute atomic E-state index is 0.0731. The molecule has 0 saturated heterocycles. The van der Waals surface area contributed by atoms with Gasteiger partial charge >= 0.3 is 0 Å². The van der Waals surface area contributed by atoms with Crippen molar-refractivity contribution in [3.8, 4) is 0 Å². The zero-order valence-corrected chi connectivity index (χ0v) is 11.0. The highest BCUT2D eigenvalue weighted by Crippen LogP contribution is 2.24. The Balaban J connectivity index is 2.73. The van der Waals surface area contributed by atoms with Crippen LogP contribution < -0.4 is 0 Å². The first-order valence-electron chi connectivity index (χ1n) is 5.14. The zero-order valence-electron chi connectivity index (χ0n) is 9.43. The van der Waals surface area contributed by atoms with Crippen LogP contribution in [0.25, 0.3) is 0 Å². The van der Waals surface area contributed by atoms with Crippen molar-refractivity contribution in [2.45, 2.75) is 18.9 Å². The zero-order chi connectivity index (χ0) is 12.8. The van der Waals surface area contributed by atoms with Crippen molar-refractivity contribution in [3.05, 3.63) is 38.3 Å². The lowest BCUT2D eigenvalue weighted by Gasteiger charge is -2.09. The number of nitrogens with zero attached hydrogens (tertiary/aromatic N) is 1. The highest BCUT2D eigenvalue weighted by Gasteiger charge is 2.15. The number of aliphatic hydroxyl groups excluding tert-OH is 1. The Labute approximate surface area is 108 Å². The molecule has 17 heavy (non-hydrogen) atoms. The van der Waals surface area contributed by atoms with Crippen LogP contribution in [0, 0.1) is 10.1 Å². The Morgan fingerprint density at radius 1 is 1.59 bits per heavy atom. The van der Waals surface area contributed by atoms with E-state index >= 15 is 0 Å². The molecule has 1 rings (SSSR count). The molecule has 1 N–H and O–H groups in total. The summed E-state index contributed by atoms with van der Waals surface area (Å²) < 4.78 is 5.47. The van der Waals surface area contributed by atoms with Crippen molar-refractivity contribution in [2.75, 3.05) is 13.7 Å². The molecule has 0 aromatic heterocycles. The van der Waals surface area contributed by atoms with Gasteiger partial charge in [-0.1, -0.05) is 22.0 Å². The van der Waals surface area contributed by atoms with Crippen molar-refractivity contribution in [3.63, 3.8) is 0 Å². The third-order valence-corrected chi connectivity index (χ3v) is 2.84. The highest BCUT2D eigenvalue weighted by molar-refractivity contribution is 9.10. The molecule has 0 amide bonds. The van der Waals surface area contributed by atoms with Crippen LogP contribution in [0.1, 0.15) is 12.0 Å². The summed E-state index contributed by atoms with van der Waals surface area (Å²) in [5.41, 5.74) is 0.692. The van der Waals surface area contributed by atoms with E-state index in [1.54, 1.807) is 12.1 Å². The summed E-state index contributed by atoms with van der Waals surface area (Å²) in [5, 5.41) is 20.3. The number of ether oxygens (including phenoxy) is 1. The summed E-state index contributed by atoms with van der Waals surface area (Å²) in [7, 11) is 1.51. The first-order valence-corrected chi connectivity index (χ1v) is 5.93. The lowest BCUT2D eigenvalue weighted by Crippen LogP contribution is -2.15. The molecule has 1 atom stereocenters. The molecule has 0 fully saturated rings. The molecule has 0 aliphatic rings. The fraction of sp³-hybridized carbons (Fsp3) is 0.455. The Kier molecular flexibility index (Phi) is 5.54. The molecule has 0 bridgehead atoms. The second kappa shape index (κ2) is 6.68. The predicted molar refractivity (Wildman–Crippen MR) is 67.0 cm³/mol. The quantitative estimate of drug-likeness (QED) is 0.646. The second-order valence-electron chi connectivity index (χ2n) is 3.68. The maximum Gasteiger partial charge on any atom is 0.273 e. The summed E-state index contributed by atoms with van der Waals surface area (Å²) in [6.07, 6.45) is 0.299. The largest absolute Gasteiger partial charge is 0.391 e. The maximum absolute atomic E-state index is 10.8. The molecule has 0 saturated carbocycles. The van der Waals surface area contributed by atoms with Gasteiger partial charge in [-0.2, -0.15) is 0 Å². The van der Waals surface area contributed by atoms with Gasteiger partial charge in [0.25, 0.3) is 5.69 Å². The molecule has 0 aliphatic heterocycles. The van der Waals surface area contributed by atoms with Crippen LogP contribution in [-0.2, 0) is 11.2 Å². The molecular weight excluding hydrogens is 290 g/mol. The van der Waals surface area contributed by atoms with Gasteiger partial charge in [0, 0.05) is 23.2 Å². The second-order valence-corrected chi connectivity index (χ2v) is 4.59. The average Bonchev–Trinajstić information content (AvgIpc) is 2.27. The van der Waals surface area contributed by atoms with Crippen molar-refractivity contribution < 1.29 is 14.8 Å². The van der Waals surface area contributed by atoms with Crippen LogP contribution in [-0.4, -0.2) is 29.9 Å². The van der Waals surface area contributed by atoms with Gasteiger partial charge in [0.2, 0.25) is 0 Å². The van der Waals surface area contributed by atoms with Gasteiger partial charge in [0.05, 0.1) is 17.6 Å². The van der Waals surface area contributed by atoms with Crippen LogP contribution >= 0.6 is 15.9 Å². The van der Waals surface area contributed by atoms with Crippen molar-refractivity contribution in [2.24, 2.45) is 0 Å². The summed E-state index contributed by atoms with van der Waals surface area (Å²) >= 11 is 3.20. The number of aliphatic hydroxyl groups is 1. The number of rotatable bonds is 6. The fourth-order valence-electron chi connectivity index (χ4n) is 1.52. The molecule has 0 heterocycles. The van der Waals surface area contributed by atoms with E-state index in [2.05, 4.69) is 15.9 Å². The van der Waals surface area contributed by atoms with E-state index in [-0.39, 0.29) is 12.3 Å². The molecule has 6 heteroatoms. The van der Waals surface area contributed by atoms with E-state index in [9.17, 15) is 15.2 Å². The Morgan fingerprint density at radius 2 is 2.29 bits per heavy atom. The topological polar surface area (TPSA) is 72.6 Å². The number of halogens is 1.